The van der Waals surface area contributed by atoms with Crippen LogP contribution in [0.1, 0.15) is 17.6 Å². The van der Waals surface area contributed by atoms with Crippen molar-refractivity contribution < 1.29 is 17.9 Å². The monoisotopic (exact) mass is 201 g/mol. The fourth-order valence-corrected chi connectivity index (χ4v) is 1.08. The van der Waals surface area contributed by atoms with E-state index >= 15 is 0 Å². The van der Waals surface area contributed by atoms with Crippen molar-refractivity contribution in [3.63, 3.8) is 0 Å². The van der Waals surface area contributed by atoms with E-state index in [1.165, 1.54) is 13.2 Å². The Morgan fingerprint density at radius 3 is 2.50 bits per heavy atom. The van der Waals surface area contributed by atoms with Crippen LogP contribution in [-0.4, -0.2) is 7.11 Å². The van der Waals surface area contributed by atoms with Gasteiger partial charge in [0.05, 0.1) is 12.7 Å². The number of nitriles is 1. The molecule has 0 N–H and O–H groups in total. The van der Waals surface area contributed by atoms with E-state index in [4.69, 9.17) is 5.26 Å². The van der Waals surface area contributed by atoms with Crippen molar-refractivity contribution in [2.45, 2.75) is 6.43 Å². The number of rotatable bonds is 2. The molecule has 0 fully saturated rings. The molecule has 1 rings (SSSR count). The van der Waals surface area contributed by atoms with Crippen molar-refractivity contribution >= 4 is 0 Å². The summed E-state index contributed by atoms with van der Waals surface area (Å²) in [6, 6.07) is 3.37. The quantitative estimate of drug-likeness (QED) is 0.736. The molecule has 0 saturated carbocycles. The van der Waals surface area contributed by atoms with Crippen LogP contribution < -0.4 is 4.74 Å². The number of ether oxygens (including phenoxy) is 1. The van der Waals surface area contributed by atoms with E-state index < -0.39 is 23.4 Å². The molecular weight excluding hydrogens is 195 g/mol. The maximum Gasteiger partial charge on any atom is 0.268 e. The van der Waals surface area contributed by atoms with Crippen LogP contribution in [0.2, 0.25) is 0 Å². The van der Waals surface area contributed by atoms with Crippen LogP contribution >= 0.6 is 0 Å². The summed E-state index contributed by atoms with van der Waals surface area (Å²) in [5, 5.41) is 8.49. The van der Waals surface area contributed by atoms with Crippen molar-refractivity contribution in [3.05, 3.63) is 29.1 Å². The minimum atomic E-state index is -2.93. The lowest BCUT2D eigenvalue weighted by Crippen LogP contribution is -1.99. The van der Waals surface area contributed by atoms with Gasteiger partial charge in [0.2, 0.25) is 0 Å². The van der Waals surface area contributed by atoms with Crippen molar-refractivity contribution in [1.82, 2.24) is 0 Å². The van der Waals surface area contributed by atoms with E-state index in [0.29, 0.717) is 0 Å². The Kier molecular flexibility index (Phi) is 2.97. The molecule has 0 aromatic heterocycles. The number of alkyl halides is 2. The third-order valence-corrected chi connectivity index (χ3v) is 1.70. The Bertz CT molecular complexity index is 384. The molecule has 2 nitrogen and oxygen atoms in total. The summed E-state index contributed by atoms with van der Waals surface area (Å²) in [6.45, 7) is 0. The molecule has 0 aliphatic carbocycles. The minimum Gasteiger partial charge on any atom is -0.496 e. The molecule has 1 aromatic carbocycles. The molecule has 1 aromatic rings. The van der Waals surface area contributed by atoms with Crippen molar-refractivity contribution in [3.8, 4) is 11.8 Å². The fraction of sp³-hybridized carbons (Fsp3) is 0.222. The highest BCUT2D eigenvalue weighted by Crippen LogP contribution is 2.33. The van der Waals surface area contributed by atoms with Gasteiger partial charge in [-0.2, -0.15) is 5.26 Å². The lowest BCUT2D eigenvalue weighted by molar-refractivity contribution is 0.146. The number of halogens is 3. The van der Waals surface area contributed by atoms with Gasteiger partial charge < -0.3 is 4.74 Å². The van der Waals surface area contributed by atoms with E-state index in [1.807, 2.05) is 0 Å². The van der Waals surface area contributed by atoms with E-state index in [9.17, 15) is 13.2 Å². The average molecular weight is 201 g/mol. The maximum absolute atomic E-state index is 12.9. The Hall–Kier alpha value is -1.70. The number of hydrogen-bond donors (Lipinski definition) is 0. The highest BCUT2D eigenvalue weighted by atomic mass is 19.3. The zero-order valence-electron chi connectivity index (χ0n) is 7.22. The number of benzene rings is 1. The summed E-state index contributed by atoms with van der Waals surface area (Å²) in [5.41, 5.74) is -1.37. The van der Waals surface area contributed by atoms with Gasteiger partial charge in [-0.1, -0.05) is 0 Å². The Labute approximate surface area is 78.5 Å². The van der Waals surface area contributed by atoms with Crippen molar-refractivity contribution in [2.75, 3.05) is 7.11 Å². The molecule has 0 spiro atoms. The standard InChI is InChI=1S/C9H6F3NO/c1-14-7-3-2-6(10)5(4-13)8(7)9(11)12/h2-3,9H,1H3. The second-order valence-electron chi connectivity index (χ2n) is 2.45. The van der Waals surface area contributed by atoms with E-state index in [2.05, 4.69) is 4.74 Å². The van der Waals surface area contributed by atoms with Crippen molar-refractivity contribution in [2.24, 2.45) is 0 Å². The van der Waals surface area contributed by atoms with Gasteiger partial charge >= 0.3 is 0 Å². The molecule has 0 aliphatic rings. The first-order chi connectivity index (χ1) is 6.61. The lowest BCUT2D eigenvalue weighted by atomic mass is 10.1. The molecule has 5 heteroatoms. The zero-order chi connectivity index (χ0) is 10.7. The predicted molar refractivity (Wildman–Crippen MR) is 42.6 cm³/mol. The van der Waals surface area contributed by atoms with Crippen LogP contribution in [-0.2, 0) is 0 Å². The predicted octanol–water partition coefficient (Wildman–Crippen LogP) is 2.64. The van der Waals surface area contributed by atoms with Gasteiger partial charge in [0.25, 0.3) is 6.43 Å². The molecule has 0 heterocycles. The molecule has 0 saturated heterocycles. The molecule has 74 valence electrons. The SMILES string of the molecule is COc1ccc(F)c(C#N)c1C(F)F. The topological polar surface area (TPSA) is 33.0 Å². The van der Waals surface area contributed by atoms with Gasteiger partial charge in [-0.05, 0) is 12.1 Å². The maximum atomic E-state index is 12.9. The number of hydrogen-bond acceptors (Lipinski definition) is 2. The van der Waals surface area contributed by atoms with Gasteiger partial charge in [0, 0.05) is 0 Å². The average Bonchev–Trinajstić information content (AvgIpc) is 2.17. The summed E-state index contributed by atoms with van der Waals surface area (Å²) in [4.78, 5) is 0. The van der Waals surface area contributed by atoms with Gasteiger partial charge in [-0.3, -0.25) is 0 Å². The van der Waals surface area contributed by atoms with Gasteiger partial charge in [0.15, 0.2) is 0 Å². The summed E-state index contributed by atoms with van der Waals surface area (Å²) >= 11 is 0. The minimum absolute atomic E-state index is 0.182. The zero-order valence-corrected chi connectivity index (χ0v) is 7.22. The Balaban J connectivity index is 3.46. The van der Waals surface area contributed by atoms with Crippen molar-refractivity contribution in [1.29, 1.82) is 5.26 Å². The molecule has 0 unspecified atom stereocenters. The molecular formula is C9H6F3NO. The second kappa shape index (κ2) is 4.01. The molecule has 0 aliphatic heterocycles. The first kappa shape index (κ1) is 10.4. The molecule has 0 amide bonds. The Morgan fingerprint density at radius 2 is 2.07 bits per heavy atom. The van der Waals surface area contributed by atoms with Crippen LogP contribution in [0.15, 0.2) is 12.1 Å². The van der Waals surface area contributed by atoms with E-state index in [-0.39, 0.29) is 5.75 Å². The van der Waals surface area contributed by atoms with Gasteiger partial charge in [-0.25, -0.2) is 13.2 Å². The molecule has 0 radical (unpaired) electrons. The number of methoxy groups -OCH3 is 1. The van der Waals surface area contributed by atoms with E-state index in [1.54, 1.807) is 0 Å². The van der Waals surface area contributed by atoms with Crippen LogP contribution in [0.5, 0.6) is 5.75 Å². The highest BCUT2D eigenvalue weighted by Gasteiger charge is 2.21. The third-order valence-electron chi connectivity index (χ3n) is 1.70. The first-order valence-corrected chi connectivity index (χ1v) is 3.66. The van der Waals surface area contributed by atoms with E-state index in [0.717, 1.165) is 12.1 Å². The first-order valence-electron chi connectivity index (χ1n) is 3.66. The van der Waals surface area contributed by atoms with Crippen LogP contribution in [0, 0.1) is 17.1 Å². The summed E-state index contributed by atoms with van der Waals surface area (Å²) in [6.07, 6.45) is -2.93. The van der Waals surface area contributed by atoms with Crippen LogP contribution in [0.25, 0.3) is 0 Å². The second-order valence-corrected chi connectivity index (χ2v) is 2.45. The summed E-state index contributed by atoms with van der Waals surface area (Å²) in [5.74, 6) is -1.15. The molecule has 0 atom stereocenters. The van der Waals surface area contributed by atoms with Gasteiger partial charge in [-0.15, -0.1) is 0 Å². The summed E-state index contributed by atoms with van der Waals surface area (Å²) in [7, 11) is 1.18. The summed E-state index contributed by atoms with van der Waals surface area (Å²) < 4.78 is 42.4. The molecule has 0 bridgehead atoms. The Morgan fingerprint density at radius 1 is 1.43 bits per heavy atom. The van der Waals surface area contributed by atoms with Gasteiger partial charge in [0.1, 0.15) is 23.2 Å². The lowest BCUT2D eigenvalue weighted by Gasteiger charge is -2.09. The fourth-order valence-electron chi connectivity index (χ4n) is 1.08. The highest BCUT2D eigenvalue weighted by molar-refractivity contribution is 5.48. The van der Waals surface area contributed by atoms with Crippen LogP contribution in [0.4, 0.5) is 13.2 Å². The smallest absolute Gasteiger partial charge is 0.268 e. The van der Waals surface area contributed by atoms with Crippen LogP contribution in [0.3, 0.4) is 0 Å². The molecule has 14 heavy (non-hydrogen) atoms. The third kappa shape index (κ3) is 1.64. The number of nitrogens with zero attached hydrogens (tertiary/aromatic N) is 1. The largest absolute Gasteiger partial charge is 0.496 e. The normalized spacial score (nSPS) is 10.0.